The summed E-state index contributed by atoms with van der Waals surface area (Å²) < 4.78 is 17.1. The third-order valence-corrected chi connectivity index (χ3v) is 5.93. The molecule has 2 N–H and O–H groups in total. The molecule has 2 aromatic rings. The molecule has 0 unspecified atom stereocenters. The topological polar surface area (TPSA) is 88.7 Å². The van der Waals surface area contributed by atoms with E-state index in [-0.39, 0.29) is 0 Å². The molecule has 9 heteroatoms. The van der Waals surface area contributed by atoms with E-state index in [0.29, 0.717) is 37.1 Å². The second-order valence-corrected chi connectivity index (χ2v) is 8.37. The average molecular weight is 455 g/mol. The van der Waals surface area contributed by atoms with Crippen LogP contribution in [0.1, 0.15) is 11.3 Å². The molecule has 178 valence electrons. The van der Waals surface area contributed by atoms with Gasteiger partial charge in [-0.25, -0.2) is 4.98 Å². The van der Waals surface area contributed by atoms with Crippen LogP contribution in [0.5, 0.6) is 5.88 Å². The summed E-state index contributed by atoms with van der Waals surface area (Å²) in [6, 6.07) is 12.2. The minimum absolute atomic E-state index is 0.560. The number of hydrogen-bond donors (Lipinski definition) is 1. The Morgan fingerprint density at radius 3 is 2.48 bits per heavy atom. The molecule has 1 aromatic carbocycles. The molecule has 2 aliphatic rings. The van der Waals surface area contributed by atoms with Gasteiger partial charge >= 0.3 is 0 Å². The molecule has 33 heavy (non-hydrogen) atoms. The number of hydrogen-bond acceptors (Lipinski definition) is 9. The first-order valence-electron chi connectivity index (χ1n) is 11.5. The van der Waals surface area contributed by atoms with Crippen molar-refractivity contribution in [1.82, 2.24) is 9.88 Å². The lowest BCUT2D eigenvalue weighted by Gasteiger charge is -2.29. The predicted molar refractivity (Wildman–Crippen MR) is 131 cm³/mol. The van der Waals surface area contributed by atoms with Crippen molar-refractivity contribution < 1.29 is 14.2 Å². The van der Waals surface area contributed by atoms with Gasteiger partial charge in [0, 0.05) is 69.8 Å². The van der Waals surface area contributed by atoms with Gasteiger partial charge in [0.25, 0.3) is 0 Å². The van der Waals surface area contributed by atoms with Gasteiger partial charge in [0.1, 0.15) is 12.3 Å². The molecule has 0 bridgehead atoms. The predicted octanol–water partition coefficient (Wildman–Crippen LogP) is 1.41. The fraction of sp³-hybridized carbons (Fsp3) is 0.500. The molecule has 0 atom stereocenters. The van der Waals surface area contributed by atoms with Crippen LogP contribution in [0.3, 0.4) is 0 Å². The molecule has 9 nitrogen and oxygen atoms in total. The minimum Gasteiger partial charge on any atom is -0.476 e. The number of benzene rings is 1. The smallest absolute Gasteiger partial charge is 0.215 e. The lowest BCUT2D eigenvalue weighted by Crippen LogP contribution is -2.38. The van der Waals surface area contributed by atoms with E-state index < -0.39 is 0 Å². The number of rotatable bonds is 8. The van der Waals surface area contributed by atoms with Crippen LogP contribution in [0.25, 0.3) is 0 Å². The normalized spacial score (nSPS) is 17.8. The largest absolute Gasteiger partial charge is 0.476 e. The molecule has 3 heterocycles. The van der Waals surface area contributed by atoms with Crippen LogP contribution in [0, 0.1) is 0 Å². The monoisotopic (exact) mass is 454 g/mol. The average Bonchev–Trinajstić information content (AvgIpc) is 2.86. The third kappa shape index (κ3) is 6.13. The molecular formula is C24H34N6O3. The van der Waals surface area contributed by atoms with Crippen molar-refractivity contribution in [2.75, 3.05) is 89.7 Å². The molecular weight excluding hydrogens is 420 g/mol. The number of anilines is 2. The van der Waals surface area contributed by atoms with Crippen LogP contribution in [0.4, 0.5) is 11.4 Å². The zero-order valence-electron chi connectivity index (χ0n) is 19.6. The van der Waals surface area contributed by atoms with Gasteiger partial charge in [-0.3, -0.25) is 4.90 Å². The second kappa shape index (κ2) is 11.3. The molecule has 0 aliphatic carbocycles. The van der Waals surface area contributed by atoms with E-state index >= 15 is 0 Å². The SMILES string of the molecule is CN(C)c1cccc(C(=NN)c2cc(N3CCOCC3)cc(OCCN3CCOCC3)n2)c1. The zero-order valence-corrected chi connectivity index (χ0v) is 19.6. The van der Waals surface area contributed by atoms with Crippen LogP contribution in [0.15, 0.2) is 41.5 Å². The molecule has 0 spiro atoms. The minimum atomic E-state index is 0.560. The quantitative estimate of drug-likeness (QED) is 0.364. The molecule has 0 radical (unpaired) electrons. The Bertz CT molecular complexity index is 940. The zero-order chi connectivity index (χ0) is 23.0. The van der Waals surface area contributed by atoms with Crippen LogP contribution < -0.4 is 20.4 Å². The highest BCUT2D eigenvalue weighted by Crippen LogP contribution is 2.25. The van der Waals surface area contributed by atoms with Crippen molar-refractivity contribution in [2.45, 2.75) is 0 Å². The van der Waals surface area contributed by atoms with Crippen molar-refractivity contribution in [3.05, 3.63) is 47.7 Å². The van der Waals surface area contributed by atoms with Crippen LogP contribution in [-0.4, -0.2) is 95.4 Å². The van der Waals surface area contributed by atoms with Gasteiger partial charge in [-0.1, -0.05) is 12.1 Å². The van der Waals surface area contributed by atoms with Crippen LogP contribution >= 0.6 is 0 Å². The maximum Gasteiger partial charge on any atom is 0.215 e. The number of aromatic nitrogens is 1. The van der Waals surface area contributed by atoms with Crippen LogP contribution in [0.2, 0.25) is 0 Å². The molecule has 0 amide bonds. The molecule has 2 aliphatic heterocycles. The van der Waals surface area contributed by atoms with Crippen molar-refractivity contribution >= 4 is 17.1 Å². The Morgan fingerprint density at radius 2 is 1.79 bits per heavy atom. The highest BCUT2D eigenvalue weighted by Gasteiger charge is 2.18. The summed E-state index contributed by atoms with van der Waals surface area (Å²) in [7, 11) is 4.02. The van der Waals surface area contributed by atoms with Gasteiger partial charge < -0.3 is 29.9 Å². The summed E-state index contributed by atoms with van der Waals surface area (Å²) >= 11 is 0. The van der Waals surface area contributed by atoms with E-state index in [4.69, 9.17) is 25.0 Å². The highest BCUT2D eigenvalue weighted by molar-refractivity contribution is 6.12. The van der Waals surface area contributed by atoms with E-state index in [1.165, 1.54) is 0 Å². The first-order chi connectivity index (χ1) is 16.1. The van der Waals surface area contributed by atoms with Crippen molar-refractivity contribution in [1.29, 1.82) is 0 Å². The number of hydrazone groups is 1. The number of nitrogens with two attached hydrogens (primary N) is 1. The van der Waals surface area contributed by atoms with E-state index in [9.17, 15) is 0 Å². The Hall–Kier alpha value is -2.88. The van der Waals surface area contributed by atoms with E-state index in [2.05, 4.69) is 31.9 Å². The van der Waals surface area contributed by atoms with Gasteiger partial charge in [-0.15, -0.1) is 0 Å². The standard InChI is InChI=1S/C24H34N6O3/c1-28(2)20-5-3-4-19(16-20)24(27-25)22-17-21(30-9-13-32-14-10-30)18-23(26-22)33-15-8-29-6-11-31-12-7-29/h3-5,16-18H,6-15,25H2,1-2H3. The number of nitrogens with zero attached hydrogens (tertiary/aromatic N) is 5. The summed E-state index contributed by atoms with van der Waals surface area (Å²) in [4.78, 5) is 11.5. The van der Waals surface area contributed by atoms with Crippen molar-refractivity contribution in [3.8, 4) is 5.88 Å². The van der Waals surface area contributed by atoms with E-state index in [1.807, 2.05) is 38.4 Å². The Morgan fingerprint density at radius 1 is 1.06 bits per heavy atom. The van der Waals surface area contributed by atoms with Gasteiger partial charge in [0.05, 0.1) is 32.1 Å². The first kappa shape index (κ1) is 23.3. The fourth-order valence-electron chi connectivity index (χ4n) is 4.01. The summed E-state index contributed by atoms with van der Waals surface area (Å²) in [6.45, 7) is 7.86. The number of morpholine rings is 2. The van der Waals surface area contributed by atoms with Gasteiger partial charge in [-0.05, 0) is 18.2 Å². The summed E-state index contributed by atoms with van der Waals surface area (Å²) in [5, 5.41) is 4.12. The third-order valence-electron chi connectivity index (χ3n) is 5.93. The lowest BCUT2D eigenvalue weighted by molar-refractivity contribution is 0.0320. The van der Waals surface area contributed by atoms with E-state index in [1.54, 1.807) is 0 Å². The van der Waals surface area contributed by atoms with Crippen LogP contribution in [-0.2, 0) is 9.47 Å². The van der Waals surface area contributed by atoms with Gasteiger partial charge in [0.2, 0.25) is 5.88 Å². The number of pyridine rings is 1. The molecule has 1 aromatic heterocycles. The summed E-state index contributed by atoms with van der Waals surface area (Å²) in [6.07, 6.45) is 0. The van der Waals surface area contributed by atoms with Gasteiger partial charge in [0.15, 0.2) is 0 Å². The molecule has 4 rings (SSSR count). The molecule has 0 saturated carbocycles. The summed E-state index contributed by atoms with van der Waals surface area (Å²) in [5.74, 6) is 6.46. The molecule has 2 saturated heterocycles. The molecule has 2 fully saturated rings. The van der Waals surface area contributed by atoms with Crippen molar-refractivity contribution in [2.24, 2.45) is 10.9 Å². The lowest BCUT2D eigenvalue weighted by atomic mass is 10.0. The second-order valence-electron chi connectivity index (χ2n) is 8.37. The van der Waals surface area contributed by atoms with E-state index in [0.717, 1.165) is 62.9 Å². The maximum atomic E-state index is 6.12. The Balaban J connectivity index is 1.59. The maximum absolute atomic E-state index is 6.12. The number of ether oxygens (including phenoxy) is 3. The highest BCUT2D eigenvalue weighted by atomic mass is 16.5. The van der Waals surface area contributed by atoms with Gasteiger partial charge in [-0.2, -0.15) is 5.10 Å². The Kier molecular flexibility index (Phi) is 7.98. The van der Waals surface area contributed by atoms with Crippen molar-refractivity contribution in [3.63, 3.8) is 0 Å². The summed E-state index contributed by atoms with van der Waals surface area (Å²) in [5.41, 5.74) is 4.34. The first-order valence-corrected chi connectivity index (χ1v) is 11.5. The fourth-order valence-corrected chi connectivity index (χ4v) is 4.01. The Labute approximate surface area is 195 Å².